The predicted octanol–water partition coefficient (Wildman–Crippen LogP) is -2.03. The zero-order valence-corrected chi connectivity index (χ0v) is 13.6. The van der Waals surface area contributed by atoms with Gasteiger partial charge in [-0.05, 0) is 12.8 Å². The second-order valence-corrected chi connectivity index (χ2v) is 7.91. The number of rotatable bonds is 6. The van der Waals surface area contributed by atoms with Gasteiger partial charge in [0.25, 0.3) is 0 Å². The first-order valence-corrected chi connectivity index (χ1v) is 9.49. The molecule has 15 heteroatoms. The van der Waals surface area contributed by atoms with Gasteiger partial charge in [-0.3, -0.25) is 19.5 Å². The summed E-state index contributed by atoms with van der Waals surface area (Å²) in [5, 5.41) is 16.7. The molecule has 2 amide bonds. The normalized spacial score (nSPS) is 24.1. The SMILES string of the molecule is N=C(NS(=O)(=O)CC(=O)O)[C@@H]1CC[C@@H]2CN1C(=O)N2OS(=O)(=O)O. The summed E-state index contributed by atoms with van der Waals surface area (Å²) < 4.78 is 59.3. The molecule has 2 atom stereocenters. The predicted molar refractivity (Wildman–Crippen MR) is 75.7 cm³/mol. The van der Waals surface area contributed by atoms with Crippen LogP contribution in [0.2, 0.25) is 0 Å². The van der Waals surface area contributed by atoms with Crippen LogP contribution in [0.3, 0.4) is 0 Å². The molecule has 136 valence electrons. The molecule has 0 aromatic carbocycles. The maximum absolute atomic E-state index is 12.1. The monoisotopic (exact) mass is 386 g/mol. The number of urea groups is 1. The molecule has 0 aromatic heterocycles. The van der Waals surface area contributed by atoms with Crippen molar-refractivity contribution in [2.24, 2.45) is 0 Å². The number of hydrogen-bond acceptors (Lipinski definition) is 8. The van der Waals surface area contributed by atoms with Crippen LogP contribution in [0.15, 0.2) is 0 Å². The summed E-state index contributed by atoms with van der Waals surface area (Å²) in [6.45, 7) is -0.0396. The Morgan fingerprint density at radius 2 is 1.96 bits per heavy atom. The lowest BCUT2D eigenvalue weighted by molar-refractivity contribution is -0.134. The number of carboxylic acids is 1. The summed E-state index contributed by atoms with van der Waals surface area (Å²) in [5.74, 6) is -3.46. The highest BCUT2D eigenvalue weighted by Gasteiger charge is 2.48. The van der Waals surface area contributed by atoms with E-state index in [0.717, 1.165) is 4.90 Å². The lowest BCUT2D eigenvalue weighted by Crippen LogP contribution is -2.51. The number of hydroxylamine groups is 2. The van der Waals surface area contributed by atoms with Gasteiger partial charge >= 0.3 is 22.4 Å². The summed E-state index contributed by atoms with van der Waals surface area (Å²) in [7, 11) is -9.21. The first-order valence-electron chi connectivity index (χ1n) is 6.47. The molecule has 4 N–H and O–H groups in total. The minimum Gasteiger partial charge on any atom is -0.480 e. The van der Waals surface area contributed by atoms with Gasteiger partial charge in [-0.15, -0.1) is 4.28 Å². The molecule has 0 radical (unpaired) electrons. The summed E-state index contributed by atoms with van der Waals surface area (Å²) in [5.41, 5.74) is 0. The Balaban J connectivity index is 2.11. The van der Waals surface area contributed by atoms with E-state index in [1.807, 2.05) is 0 Å². The molecule has 2 saturated heterocycles. The van der Waals surface area contributed by atoms with E-state index >= 15 is 0 Å². The average molecular weight is 386 g/mol. The summed E-state index contributed by atoms with van der Waals surface area (Å²) >= 11 is 0. The van der Waals surface area contributed by atoms with Gasteiger partial charge in [-0.1, -0.05) is 0 Å². The van der Waals surface area contributed by atoms with Gasteiger partial charge in [0.2, 0.25) is 10.0 Å². The molecular formula is C9H14N4O9S2. The highest BCUT2D eigenvalue weighted by Crippen LogP contribution is 2.30. The van der Waals surface area contributed by atoms with E-state index in [9.17, 15) is 26.4 Å². The number of hydrogen-bond donors (Lipinski definition) is 4. The number of aliphatic carboxylic acids is 1. The van der Waals surface area contributed by atoms with Gasteiger partial charge in [-0.2, -0.15) is 13.5 Å². The molecule has 24 heavy (non-hydrogen) atoms. The highest BCUT2D eigenvalue weighted by atomic mass is 32.3. The number of carboxylic acid groups (broad SMARTS) is 1. The molecule has 0 aliphatic carbocycles. The Labute approximate surface area is 136 Å². The Bertz CT molecular complexity index is 777. The third-order valence-electron chi connectivity index (χ3n) is 3.41. The summed E-state index contributed by atoms with van der Waals surface area (Å²) in [6, 6.07) is -2.66. The van der Waals surface area contributed by atoms with Gasteiger partial charge in [0, 0.05) is 6.54 Å². The maximum atomic E-state index is 12.1. The van der Waals surface area contributed by atoms with Crippen molar-refractivity contribution in [3.8, 4) is 0 Å². The number of fused-ring (bicyclic) bond motifs is 2. The van der Waals surface area contributed by atoms with Crippen LogP contribution in [0.25, 0.3) is 0 Å². The number of carbonyl (C=O) groups excluding carboxylic acids is 1. The van der Waals surface area contributed by atoms with E-state index in [1.54, 1.807) is 4.72 Å². The van der Waals surface area contributed by atoms with E-state index in [2.05, 4.69) is 4.28 Å². The Morgan fingerprint density at radius 1 is 1.33 bits per heavy atom. The number of carbonyl (C=O) groups is 2. The van der Waals surface area contributed by atoms with Crippen molar-refractivity contribution in [3.05, 3.63) is 0 Å². The van der Waals surface area contributed by atoms with Gasteiger partial charge < -0.3 is 10.0 Å². The summed E-state index contributed by atoms with van der Waals surface area (Å²) in [4.78, 5) is 23.6. The van der Waals surface area contributed by atoms with Crippen molar-refractivity contribution in [2.45, 2.75) is 24.9 Å². The Kier molecular flexibility index (Phi) is 4.71. The number of nitrogens with zero attached hydrogens (tertiary/aromatic N) is 2. The number of piperidine rings is 1. The molecule has 13 nitrogen and oxygen atoms in total. The van der Waals surface area contributed by atoms with Crippen molar-refractivity contribution in [2.75, 3.05) is 12.3 Å². The smallest absolute Gasteiger partial charge is 0.418 e. The van der Waals surface area contributed by atoms with Crippen LogP contribution in [0.5, 0.6) is 0 Å². The molecule has 2 rings (SSSR count). The number of amidine groups is 1. The van der Waals surface area contributed by atoms with E-state index in [4.69, 9.17) is 15.1 Å². The molecule has 0 spiro atoms. The van der Waals surface area contributed by atoms with Crippen molar-refractivity contribution in [1.82, 2.24) is 14.7 Å². The van der Waals surface area contributed by atoms with Crippen molar-refractivity contribution in [3.63, 3.8) is 0 Å². The number of amides is 2. The molecule has 0 aromatic rings. The maximum Gasteiger partial charge on any atom is 0.418 e. The minimum absolute atomic E-state index is 0.0396. The fourth-order valence-electron chi connectivity index (χ4n) is 2.57. The van der Waals surface area contributed by atoms with Crippen LogP contribution in [0.4, 0.5) is 4.79 Å². The topological polar surface area (TPSA) is 194 Å². The van der Waals surface area contributed by atoms with Gasteiger partial charge in [0.05, 0.1) is 12.1 Å². The van der Waals surface area contributed by atoms with Gasteiger partial charge in [-0.25, -0.2) is 13.2 Å². The van der Waals surface area contributed by atoms with Crippen LogP contribution in [0, 0.1) is 5.41 Å². The largest absolute Gasteiger partial charge is 0.480 e. The lowest BCUT2D eigenvalue weighted by Gasteiger charge is -2.30. The standard InChI is InChI=1S/C9H14N4O9S2/c10-8(11-23(17,18)4-7(14)15)6-2-1-5-3-12(6)9(16)13(5)22-24(19,20)21/h5-6H,1-4H2,(H2,10,11)(H,14,15)(H,19,20,21)/t5-,6+/m1/s1. The molecular weight excluding hydrogens is 372 g/mol. The molecule has 0 saturated carbocycles. The fraction of sp³-hybridized carbons (Fsp3) is 0.667. The van der Waals surface area contributed by atoms with Crippen molar-refractivity contribution < 1.29 is 40.4 Å². The molecule has 2 fully saturated rings. The van der Waals surface area contributed by atoms with E-state index in [1.165, 1.54) is 0 Å². The zero-order valence-electron chi connectivity index (χ0n) is 11.9. The van der Waals surface area contributed by atoms with Gasteiger partial charge in [0.15, 0.2) is 5.75 Å². The number of sulfonamides is 1. The van der Waals surface area contributed by atoms with E-state index in [-0.39, 0.29) is 19.4 Å². The molecule has 2 heterocycles. The molecule has 2 aliphatic heterocycles. The first-order chi connectivity index (χ1) is 10.9. The second-order valence-electron chi connectivity index (χ2n) is 5.18. The fourth-order valence-corrected chi connectivity index (χ4v) is 3.82. The second kappa shape index (κ2) is 6.15. The average Bonchev–Trinajstić information content (AvgIpc) is 2.60. The zero-order chi connectivity index (χ0) is 18.3. The van der Waals surface area contributed by atoms with Crippen molar-refractivity contribution in [1.29, 1.82) is 5.41 Å². The minimum atomic E-state index is -4.91. The third-order valence-corrected chi connectivity index (χ3v) is 4.92. The van der Waals surface area contributed by atoms with Crippen LogP contribution >= 0.6 is 0 Å². The third kappa shape index (κ3) is 4.11. The Morgan fingerprint density at radius 3 is 2.50 bits per heavy atom. The van der Waals surface area contributed by atoms with Gasteiger partial charge in [0.1, 0.15) is 5.84 Å². The molecule has 0 unspecified atom stereocenters. The quantitative estimate of drug-likeness (QED) is 0.226. The first kappa shape index (κ1) is 18.4. The van der Waals surface area contributed by atoms with Crippen LogP contribution in [-0.2, 0) is 29.5 Å². The molecule has 2 aliphatic rings. The van der Waals surface area contributed by atoms with E-state index in [0.29, 0.717) is 5.06 Å². The number of nitrogens with one attached hydrogen (secondary N) is 2. The Hall–Kier alpha value is -1.97. The van der Waals surface area contributed by atoms with Crippen LogP contribution in [0.1, 0.15) is 12.8 Å². The molecule has 2 bridgehead atoms. The lowest BCUT2D eigenvalue weighted by atomic mass is 10.0. The van der Waals surface area contributed by atoms with Crippen LogP contribution in [-0.4, -0.2) is 78.7 Å². The highest BCUT2D eigenvalue weighted by molar-refractivity contribution is 7.90. The summed E-state index contributed by atoms with van der Waals surface area (Å²) in [6.07, 6.45) is 0.307. The van der Waals surface area contributed by atoms with E-state index < -0.39 is 56.1 Å². The van der Waals surface area contributed by atoms with Crippen LogP contribution < -0.4 is 4.72 Å². The van der Waals surface area contributed by atoms with Crippen molar-refractivity contribution >= 4 is 38.3 Å².